The van der Waals surface area contributed by atoms with Gasteiger partial charge in [-0.1, -0.05) is 18.2 Å². The maximum atomic E-state index is 11.8. The van der Waals surface area contributed by atoms with E-state index in [-0.39, 0.29) is 29.3 Å². The third kappa shape index (κ3) is 10.1. The summed E-state index contributed by atoms with van der Waals surface area (Å²) in [6.45, 7) is 1.75. The van der Waals surface area contributed by atoms with Gasteiger partial charge in [0, 0.05) is 25.7 Å². The Morgan fingerprint density at radius 2 is 1.43 bits per heavy atom. The topological polar surface area (TPSA) is 208 Å². The summed E-state index contributed by atoms with van der Waals surface area (Å²) in [5, 5.41) is 36.4. The first-order valence-corrected chi connectivity index (χ1v) is 13.1. The lowest BCUT2D eigenvalue weighted by atomic mass is 10.2. The molecule has 0 bridgehead atoms. The normalized spacial score (nSPS) is 11.5. The van der Waals surface area contributed by atoms with Crippen molar-refractivity contribution in [3.05, 3.63) is 58.6 Å². The highest BCUT2D eigenvalue weighted by Crippen LogP contribution is 2.37. The Hall–Kier alpha value is -2.86. The van der Waals surface area contributed by atoms with Crippen molar-refractivity contribution >= 4 is 31.7 Å². The number of nitrogens with zero attached hydrogens (tertiary/aromatic N) is 3. The molecule has 0 spiro atoms. The van der Waals surface area contributed by atoms with Gasteiger partial charge in [-0.25, -0.2) is 8.42 Å². The van der Waals surface area contributed by atoms with Crippen molar-refractivity contribution in [2.45, 2.75) is 0 Å². The van der Waals surface area contributed by atoms with Crippen LogP contribution in [0.1, 0.15) is 0 Å². The molecule has 2 aromatic carbocycles. The van der Waals surface area contributed by atoms with Gasteiger partial charge in [0.15, 0.2) is 5.75 Å². The van der Waals surface area contributed by atoms with Crippen LogP contribution in [-0.2, 0) is 20.3 Å². The summed E-state index contributed by atoms with van der Waals surface area (Å²) in [7, 11) is -9.71. The molecule has 0 radical (unpaired) electrons. The number of rotatable bonds is 12. The van der Waals surface area contributed by atoms with Crippen LogP contribution in [0, 0.1) is 10.1 Å². The van der Waals surface area contributed by atoms with Crippen LogP contribution < -0.4 is 8.45 Å². The van der Waals surface area contributed by atoms with Crippen LogP contribution in [0.5, 0.6) is 11.5 Å². The molecule has 0 aromatic heterocycles. The van der Waals surface area contributed by atoms with Gasteiger partial charge in [0.25, 0.3) is 5.69 Å². The average molecular weight is 538 g/mol. The zero-order valence-corrected chi connectivity index (χ0v) is 20.3. The van der Waals surface area contributed by atoms with E-state index in [2.05, 4.69) is 0 Å². The number of aliphatic hydroxyl groups is 3. The number of para-hydroxylation sites is 1. The summed E-state index contributed by atoms with van der Waals surface area (Å²) in [6, 6.07) is 10.4. The Balaban J connectivity index is 0.000000518. The minimum absolute atomic E-state index is 0.0694. The number of non-ortho nitro benzene ring substituents is 1. The third-order valence-electron chi connectivity index (χ3n) is 4.08. The highest BCUT2D eigenvalue weighted by Gasteiger charge is 2.33. The fourth-order valence-corrected chi connectivity index (χ4v) is 4.97. The first-order chi connectivity index (χ1) is 16.3. The number of aliphatic hydroxyl groups excluding tert-OH is 3. The number of anilines is 1. The number of hydrogen-bond donors (Lipinski definition) is 4. The number of nitro benzene ring substituents is 1. The fourth-order valence-electron chi connectivity index (χ4n) is 2.70. The Morgan fingerprint density at radius 1 is 0.914 bits per heavy atom. The summed E-state index contributed by atoms with van der Waals surface area (Å²) in [5.41, 5.74) is -1.06. The molecule has 0 unspecified atom stereocenters. The van der Waals surface area contributed by atoms with Crippen molar-refractivity contribution in [2.24, 2.45) is 0 Å². The Bertz CT molecular complexity index is 1110. The van der Waals surface area contributed by atoms with E-state index in [1.165, 1.54) is 12.1 Å². The van der Waals surface area contributed by atoms with Crippen LogP contribution in [0.15, 0.2) is 48.5 Å². The van der Waals surface area contributed by atoms with Gasteiger partial charge in [-0.05, 0) is 18.2 Å². The van der Waals surface area contributed by atoms with Crippen molar-refractivity contribution in [3.63, 3.8) is 0 Å². The Labute approximate surface area is 202 Å². The molecule has 0 fully saturated rings. The van der Waals surface area contributed by atoms with E-state index >= 15 is 0 Å². The van der Waals surface area contributed by atoms with Gasteiger partial charge in [-0.3, -0.25) is 19.6 Å². The zero-order valence-electron chi connectivity index (χ0n) is 18.7. The van der Waals surface area contributed by atoms with Gasteiger partial charge in [0.2, 0.25) is 10.0 Å². The lowest BCUT2D eigenvalue weighted by Gasteiger charge is -2.20. The molecule has 2 aromatic rings. The number of benzene rings is 2. The van der Waals surface area contributed by atoms with E-state index in [0.29, 0.717) is 25.9 Å². The molecule has 0 amide bonds. The van der Waals surface area contributed by atoms with Crippen molar-refractivity contribution in [2.75, 3.05) is 49.4 Å². The summed E-state index contributed by atoms with van der Waals surface area (Å²) >= 11 is 0. The summed E-state index contributed by atoms with van der Waals surface area (Å²) in [5.74, 6) is -0.267. The van der Waals surface area contributed by atoms with E-state index in [1.54, 1.807) is 23.1 Å². The molecule has 4 N–H and O–H groups in total. The molecular formula is C19H27N3O11S2. The van der Waals surface area contributed by atoms with Crippen molar-refractivity contribution in [3.8, 4) is 11.5 Å². The molecule has 35 heavy (non-hydrogen) atoms. The minimum Gasteiger partial charge on any atom is -0.455 e. The standard InChI is InChI=1S/C13H12N2O8S2.C6H15NO3/c1-24(18,19)15(25(20,21)22)12-8-7-10(14(16)17)9-13(12)23-11-5-3-2-4-6-11;8-4-1-7(2-5-9)3-6-10/h2-9H,1H3,(H,20,21,22);8-10H,1-6H2. The molecule has 0 aliphatic rings. The van der Waals surface area contributed by atoms with Crippen molar-refractivity contribution in [1.29, 1.82) is 0 Å². The second-order valence-electron chi connectivity index (χ2n) is 6.77. The van der Waals surface area contributed by atoms with Crippen molar-refractivity contribution < 1.29 is 46.4 Å². The smallest absolute Gasteiger partial charge is 0.373 e. The van der Waals surface area contributed by atoms with Gasteiger partial charge in [0.1, 0.15) is 11.4 Å². The van der Waals surface area contributed by atoms with E-state index in [9.17, 15) is 31.5 Å². The van der Waals surface area contributed by atoms with E-state index in [0.717, 1.165) is 18.2 Å². The Morgan fingerprint density at radius 3 is 1.83 bits per heavy atom. The van der Waals surface area contributed by atoms with Crippen LogP contribution in [0.3, 0.4) is 0 Å². The molecule has 0 atom stereocenters. The fraction of sp³-hybridized carbons (Fsp3) is 0.368. The zero-order chi connectivity index (χ0) is 26.6. The predicted molar refractivity (Wildman–Crippen MR) is 126 cm³/mol. The molecule has 14 nitrogen and oxygen atoms in total. The summed E-state index contributed by atoms with van der Waals surface area (Å²) < 4.78 is 61.0. The number of sulfonamides is 1. The summed E-state index contributed by atoms with van der Waals surface area (Å²) in [4.78, 5) is 12.0. The van der Waals surface area contributed by atoms with Crippen LogP contribution >= 0.6 is 0 Å². The van der Waals surface area contributed by atoms with Crippen molar-refractivity contribution in [1.82, 2.24) is 4.90 Å². The molecule has 196 valence electrons. The average Bonchev–Trinajstić information content (AvgIpc) is 2.74. The number of ether oxygens (including phenoxy) is 1. The predicted octanol–water partition coefficient (Wildman–Crippen LogP) is 0.221. The maximum Gasteiger partial charge on any atom is 0.373 e. The Kier molecular flexibility index (Phi) is 12.0. The van der Waals surface area contributed by atoms with Gasteiger partial charge in [-0.2, -0.15) is 8.42 Å². The molecule has 0 heterocycles. The van der Waals surface area contributed by atoms with E-state index in [4.69, 9.17) is 20.1 Å². The molecule has 0 saturated heterocycles. The lowest BCUT2D eigenvalue weighted by molar-refractivity contribution is -0.384. The second-order valence-corrected chi connectivity index (χ2v) is 10.1. The van der Waals surface area contributed by atoms with Gasteiger partial charge < -0.3 is 20.1 Å². The first-order valence-electron chi connectivity index (χ1n) is 9.89. The van der Waals surface area contributed by atoms with Crippen LogP contribution in [0.25, 0.3) is 0 Å². The van der Waals surface area contributed by atoms with Gasteiger partial charge >= 0.3 is 10.3 Å². The van der Waals surface area contributed by atoms with Gasteiger partial charge in [-0.15, -0.1) is 3.71 Å². The third-order valence-corrected chi connectivity index (χ3v) is 6.87. The second kappa shape index (κ2) is 13.9. The monoisotopic (exact) mass is 537 g/mol. The quantitative estimate of drug-likeness (QED) is 0.163. The maximum absolute atomic E-state index is 11.8. The van der Waals surface area contributed by atoms with E-state index < -0.39 is 42.4 Å². The SMILES string of the molecule is CS(=O)(=O)N(c1ccc([N+](=O)[O-])cc1Oc1ccccc1)S(=O)(=O)O.OCCN(CCO)CCO. The molecule has 16 heteroatoms. The molecule has 0 aliphatic carbocycles. The largest absolute Gasteiger partial charge is 0.455 e. The number of nitro groups is 1. The van der Waals surface area contributed by atoms with Crippen LogP contribution in [0.2, 0.25) is 0 Å². The molecular weight excluding hydrogens is 510 g/mol. The van der Waals surface area contributed by atoms with Gasteiger partial charge in [0.05, 0.1) is 37.1 Å². The molecule has 0 saturated carbocycles. The van der Waals surface area contributed by atoms with E-state index in [1.807, 2.05) is 0 Å². The highest BCUT2D eigenvalue weighted by atomic mass is 32.3. The summed E-state index contributed by atoms with van der Waals surface area (Å²) in [6.07, 6.45) is 0.550. The minimum atomic E-state index is -5.23. The lowest BCUT2D eigenvalue weighted by Crippen LogP contribution is -2.35. The number of hydrogen-bond acceptors (Lipinski definition) is 11. The van der Waals surface area contributed by atoms with Crippen LogP contribution in [0.4, 0.5) is 11.4 Å². The first kappa shape index (κ1) is 30.2. The molecule has 2 rings (SSSR count). The molecule has 0 aliphatic heterocycles. The van der Waals surface area contributed by atoms with Crippen LogP contribution in [-0.4, -0.2) is 92.2 Å². The highest BCUT2D eigenvalue weighted by molar-refractivity contribution is 8.07.